The molecule has 1 aliphatic heterocycles. The van der Waals surface area contributed by atoms with E-state index in [0.717, 1.165) is 19.3 Å². The largest absolute Gasteiger partial charge is 0.368 e. The summed E-state index contributed by atoms with van der Waals surface area (Å²) < 4.78 is 0. The van der Waals surface area contributed by atoms with E-state index in [1.165, 1.54) is 0 Å². The predicted molar refractivity (Wildman–Crippen MR) is 54.6 cm³/mol. The number of amides is 2. The molecule has 1 heterocycles. The van der Waals surface area contributed by atoms with Gasteiger partial charge in [-0.2, -0.15) is 0 Å². The van der Waals surface area contributed by atoms with Crippen LogP contribution < -0.4 is 11.5 Å². The van der Waals surface area contributed by atoms with Gasteiger partial charge < -0.3 is 16.4 Å². The van der Waals surface area contributed by atoms with Gasteiger partial charge in [0.05, 0.1) is 5.92 Å². The molecular weight excluding hydrogens is 194 g/mol. The van der Waals surface area contributed by atoms with E-state index in [1.54, 1.807) is 4.90 Å². The molecule has 2 amide bonds. The van der Waals surface area contributed by atoms with Crippen LogP contribution in [0, 0.1) is 5.92 Å². The van der Waals surface area contributed by atoms with Crippen molar-refractivity contribution in [3.8, 4) is 0 Å². The van der Waals surface area contributed by atoms with Crippen molar-refractivity contribution in [2.24, 2.45) is 17.4 Å². The molecule has 0 aromatic rings. The Morgan fingerprint density at radius 1 is 1.20 bits per heavy atom. The van der Waals surface area contributed by atoms with Gasteiger partial charge in [0.1, 0.15) is 6.04 Å². The fourth-order valence-electron chi connectivity index (χ4n) is 2.46. The quantitative estimate of drug-likeness (QED) is 0.626. The van der Waals surface area contributed by atoms with E-state index in [2.05, 4.69) is 0 Å². The number of rotatable bonds is 2. The lowest BCUT2D eigenvalue weighted by atomic mass is 9.96. The second-order valence-electron chi connectivity index (χ2n) is 4.44. The molecule has 3 atom stereocenters. The molecule has 1 saturated carbocycles. The van der Waals surface area contributed by atoms with Crippen LogP contribution in [0.5, 0.6) is 0 Å². The Morgan fingerprint density at radius 2 is 1.93 bits per heavy atom. The van der Waals surface area contributed by atoms with Crippen LogP contribution in [0.4, 0.5) is 0 Å². The highest BCUT2D eigenvalue weighted by molar-refractivity contribution is 5.89. The third-order valence-electron chi connectivity index (χ3n) is 3.52. The molecule has 2 aliphatic rings. The zero-order valence-electron chi connectivity index (χ0n) is 8.69. The molecule has 2 fully saturated rings. The first kappa shape index (κ1) is 10.4. The average Bonchev–Trinajstić information content (AvgIpc) is 2.47. The Bertz CT molecular complexity index is 292. The number of likely N-dealkylation sites (tertiary alicyclic amines) is 1. The zero-order valence-corrected chi connectivity index (χ0v) is 8.69. The minimum Gasteiger partial charge on any atom is -0.368 e. The van der Waals surface area contributed by atoms with Crippen molar-refractivity contribution in [3.05, 3.63) is 0 Å². The van der Waals surface area contributed by atoms with Gasteiger partial charge in [-0.3, -0.25) is 9.59 Å². The van der Waals surface area contributed by atoms with Crippen molar-refractivity contribution in [2.75, 3.05) is 6.54 Å². The molecule has 1 saturated heterocycles. The van der Waals surface area contributed by atoms with E-state index in [4.69, 9.17) is 11.5 Å². The van der Waals surface area contributed by atoms with Gasteiger partial charge in [-0.15, -0.1) is 0 Å². The predicted octanol–water partition coefficient (Wildman–Crippen LogP) is -0.800. The molecule has 15 heavy (non-hydrogen) atoms. The molecule has 4 N–H and O–H groups in total. The number of carbonyl (C=O) groups is 2. The Morgan fingerprint density at radius 3 is 2.33 bits per heavy atom. The molecule has 0 spiro atoms. The summed E-state index contributed by atoms with van der Waals surface area (Å²) in [4.78, 5) is 24.6. The lowest BCUT2D eigenvalue weighted by molar-refractivity contribution is -0.149. The topological polar surface area (TPSA) is 89.4 Å². The summed E-state index contributed by atoms with van der Waals surface area (Å²) in [5, 5.41) is 0. The van der Waals surface area contributed by atoms with Crippen LogP contribution in [0.2, 0.25) is 0 Å². The Balaban J connectivity index is 1.99. The summed E-state index contributed by atoms with van der Waals surface area (Å²) in [7, 11) is 0. The standard InChI is InChI=1S/C10H17N3O2/c11-7-3-1-2-6(7)10(15)13-5-4-8(13)9(12)14/h6-8H,1-5,11H2,(H2,12,14)/t6-,7+,8?/m0/s1. The van der Waals surface area contributed by atoms with Crippen molar-refractivity contribution in [3.63, 3.8) is 0 Å². The van der Waals surface area contributed by atoms with E-state index in [1.807, 2.05) is 0 Å². The van der Waals surface area contributed by atoms with Gasteiger partial charge in [0, 0.05) is 12.6 Å². The highest BCUT2D eigenvalue weighted by Crippen LogP contribution is 2.29. The third-order valence-corrected chi connectivity index (χ3v) is 3.52. The summed E-state index contributed by atoms with van der Waals surface area (Å²) >= 11 is 0. The molecule has 1 aliphatic carbocycles. The lowest BCUT2D eigenvalue weighted by Crippen LogP contribution is -2.59. The minimum atomic E-state index is -0.402. The van der Waals surface area contributed by atoms with Crippen molar-refractivity contribution < 1.29 is 9.59 Å². The van der Waals surface area contributed by atoms with Gasteiger partial charge in [0.15, 0.2) is 0 Å². The van der Waals surface area contributed by atoms with Crippen molar-refractivity contribution in [1.29, 1.82) is 0 Å². The van der Waals surface area contributed by atoms with E-state index < -0.39 is 5.91 Å². The molecule has 84 valence electrons. The lowest BCUT2D eigenvalue weighted by Gasteiger charge is -2.40. The van der Waals surface area contributed by atoms with Crippen LogP contribution in [0.1, 0.15) is 25.7 Å². The summed E-state index contributed by atoms with van der Waals surface area (Å²) in [5.74, 6) is -0.469. The number of primary amides is 1. The average molecular weight is 211 g/mol. The van der Waals surface area contributed by atoms with Crippen LogP contribution in [-0.4, -0.2) is 35.3 Å². The molecule has 0 aromatic heterocycles. The highest BCUT2D eigenvalue weighted by atomic mass is 16.2. The molecule has 0 bridgehead atoms. The Hall–Kier alpha value is -1.10. The van der Waals surface area contributed by atoms with Gasteiger partial charge in [0.2, 0.25) is 11.8 Å². The molecule has 0 aromatic carbocycles. The SMILES string of the molecule is NC(=O)C1CCN1C(=O)[C@H]1CCC[C@H]1N. The molecule has 5 nitrogen and oxygen atoms in total. The van der Waals surface area contributed by atoms with Crippen molar-refractivity contribution >= 4 is 11.8 Å². The fraction of sp³-hybridized carbons (Fsp3) is 0.800. The maximum atomic E-state index is 12.0. The first-order chi connectivity index (χ1) is 7.11. The molecule has 2 rings (SSSR count). The second kappa shape index (κ2) is 3.81. The number of hydrogen-bond donors (Lipinski definition) is 2. The van der Waals surface area contributed by atoms with Gasteiger partial charge in [-0.25, -0.2) is 0 Å². The normalized spacial score (nSPS) is 35.0. The second-order valence-corrected chi connectivity index (χ2v) is 4.44. The molecule has 1 unspecified atom stereocenters. The fourth-order valence-corrected chi connectivity index (χ4v) is 2.46. The zero-order chi connectivity index (χ0) is 11.0. The summed E-state index contributed by atoms with van der Waals surface area (Å²) in [6.45, 7) is 0.648. The molecule has 0 radical (unpaired) electrons. The molecule has 5 heteroatoms. The smallest absolute Gasteiger partial charge is 0.240 e. The highest BCUT2D eigenvalue weighted by Gasteiger charge is 2.41. The van der Waals surface area contributed by atoms with Gasteiger partial charge in [-0.1, -0.05) is 6.42 Å². The first-order valence-electron chi connectivity index (χ1n) is 5.46. The third kappa shape index (κ3) is 1.71. The van der Waals surface area contributed by atoms with Gasteiger partial charge in [-0.05, 0) is 19.3 Å². The van der Waals surface area contributed by atoms with Gasteiger partial charge in [0.25, 0.3) is 0 Å². The number of carbonyl (C=O) groups excluding carboxylic acids is 2. The monoisotopic (exact) mass is 211 g/mol. The van der Waals surface area contributed by atoms with Crippen LogP contribution in [0.3, 0.4) is 0 Å². The molecular formula is C10H17N3O2. The van der Waals surface area contributed by atoms with Crippen molar-refractivity contribution in [1.82, 2.24) is 4.90 Å². The minimum absolute atomic E-state index is 0.0232. The van der Waals surface area contributed by atoms with Crippen LogP contribution in [0.25, 0.3) is 0 Å². The summed E-state index contributed by atoms with van der Waals surface area (Å²) in [6.07, 6.45) is 3.46. The summed E-state index contributed by atoms with van der Waals surface area (Å²) in [5.41, 5.74) is 11.0. The van der Waals surface area contributed by atoms with Crippen molar-refractivity contribution in [2.45, 2.75) is 37.8 Å². The maximum Gasteiger partial charge on any atom is 0.240 e. The van der Waals surface area contributed by atoms with E-state index in [0.29, 0.717) is 13.0 Å². The maximum absolute atomic E-state index is 12.0. The summed E-state index contributed by atoms with van der Waals surface area (Å²) in [6, 6.07) is -0.420. The Kier molecular flexibility index (Phi) is 2.65. The van der Waals surface area contributed by atoms with Crippen LogP contribution >= 0.6 is 0 Å². The Labute approximate surface area is 88.8 Å². The van der Waals surface area contributed by atoms with E-state index in [-0.39, 0.29) is 23.9 Å². The van der Waals surface area contributed by atoms with E-state index >= 15 is 0 Å². The number of hydrogen-bond acceptors (Lipinski definition) is 3. The first-order valence-corrected chi connectivity index (χ1v) is 5.46. The number of nitrogens with two attached hydrogens (primary N) is 2. The van der Waals surface area contributed by atoms with E-state index in [9.17, 15) is 9.59 Å². The van der Waals surface area contributed by atoms with Gasteiger partial charge >= 0.3 is 0 Å². The van der Waals surface area contributed by atoms with Crippen LogP contribution in [-0.2, 0) is 9.59 Å². The number of nitrogens with zero attached hydrogens (tertiary/aromatic N) is 1. The van der Waals surface area contributed by atoms with Crippen LogP contribution in [0.15, 0.2) is 0 Å².